The van der Waals surface area contributed by atoms with Gasteiger partial charge in [-0.3, -0.25) is 0 Å². The topological polar surface area (TPSA) is 31.9 Å². The van der Waals surface area contributed by atoms with Crippen LogP contribution in [0.3, 0.4) is 0 Å². The van der Waals surface area contributed by atoms with Crippen molar-refractivity contribution in [2.75, 3.05) is 17.3 Å². The second-order valence-corrected chi connectivity index (χ2v) is 5.42. The summed E-state index contributed by atoms with van der Waals surface area (Å²) in [5.74, 6) is 1.33. The number of anilines is 1. The number of hydrogen-bond acceptors (Lipinski definition) is 2. The quantitative estimate of drug-likeness (QED) is 0.867. The predicted octanol–water partition coefficient (Wildman–Crippen LogP) is 3.69. The molecule has 3 rings (SSSR count). The van der Waals surface area contributed by atoms with Gasteiger partial charge in [0, 0.05) is 18.5 Å². The maximum Gasteiger partial charge on any atom is 0.204 e. The van der Waals surface area contributed by atoms with E-state index in [0.717, 1.165) is 36.4 Å². The number of H-pyrrole nitrogens is 1. The second kappa shape index (κ2) is 5.37. The Morgan fingerprint density at radius 3 is 3.21 bits per heavy atom. The van der Waals surface area contributed by atoms with Gasteiger partial charge >= 0.3 is 0 Å². The Bertz CT molecular complexity index is 569. The Morgan fingerprint density at radius 1 is 1.47 bits per heavy atom. The van der Waals surface area contributed by atoms with Crippen LogP contribution in [0.2, 0.25) is 0 Å². The number of benzene rings is 1. The smallest absolute Gasteiger partial charge is 0.204 e. The molecule has 0 radical (unpaired) electrons. The summed E-state index contributed by atoms with van der Waals surface area (Å²) in [6.45, 7) is 1.01. The molecule has 3 nitrogen and oxygen atoms in total. The molecule has 0 spiro atoms. The molecule has 5 heteroatoms. The summed E-state index contributed by atoms with van der Waals surface area (Å²) < 4.78 is 13.2. The van der Waals surface area contributed by atoms with Crippen LogP contribution in [0.25, 0.3) is 11.0 Å². The second-order valence-electron chi connectivity index (χ2n) is 5.04. The Morgan fingerprint density at radius 2 is 2.37 bits per heavy atom. The SMILES string of the molecule is Fc1ccc2nc(N3CCCC3CCCCl)[nH]c2c1. The third-order valence-electron chi connectivity index (χ3n) is 3.75. The molecule has 1 atom stereocenters. The first-order valence-electron chi connectivity index (χ1n) is 6.76. The van der Waals surface area contributed by atoms with Crippen molar-refractivity contribution in [2.45, 2.75) is 31.7 Å². The van der Waals surface area contributed by atoms with Crippen LogP contribution < -0.4 is 4.90 Å². The number of nitrogens with one attached hydrogen (secondary N) is 1. The van der Waals surface area contributed by atoms with E-state index in [9.17, 15) is 4.39 Å². The van der Waals surface area contributed by atoms with E-state index < -0.39 is 0 Å². The van der Waals surface area contributed by atoms with Crippen LogP contribution in [0.5, 0.6) is 0 Å². The summed E-state index contributed by atoms with van der Waals surface area (Å²) in [6.07, 6.45) is 4.48. The van der Waals surface area contributed by atoms with E-state index >= 15 is 0 Å². The number of hydrogen-bond donors (Lipinski definition) is 1. The van der Waals surface area contributed by atoms with Crippen molar-refractivity contribution in [3.8, 4) is 0 Å². The van der Waals surface area contributed by atoms with Crippen LogP contribution in [0.15, 0.2) is 18.2 Å². The van der Waals surface area contributed by atoms with E-state index in [1.54, 1.807) is 6.07 Å². The summed E-state index contributed by atoms with van der Waals surface area (Å²) in [7, 11) is 0. The fourth-order valence-corrected chi connectivity index (χ4v) is 2.99. The number of fused-ring (bicyclic) bond motifs is 1. The molecule has 1 saturated heterocycles. The van der Waals surface area contributed by atoms with E-state index in [4.69, 9.17) is 11.6 Å². The van der Waals surface area contributed by atoms with Gasteiger partial charge in [-0.1, -0.05) is 0 Å². The van der Waals surface area contributed by atoms with Crippen molar-refractivity contribution in [3.05, 3.63) is 24.0 Å². The molecular formula is C14H17ClFN3. The largest absolute Gasteiger partial charge is 0.339 e. The third kappa shape index (κ3) is 2.54. The summed E-state index contributed by atoms with van der Waals surface area (Å²) in [5.41, 5.74) is 1.58. The average Bonchev–Trinajstić information content (AvgIpc) is 3.01. The Hall–Kier alpha value is -1.29. The Kier molecular flexibility index (Phi) is 3.60. The minimum Gasteiger partial charge on any atom is -0.339 e. The summed E-state index contributed by atoms with van der Waals surface area (Å²) in [5, 5.41) is 0. The normalized spacial score (nSPS) is 19.5. The lowest BCUT2D eigenvalue weighted by Crippen LogP contribution is -2.30. The molecule has 1 aliphatic heterocycles. The number of nitrogens with zero attached hydrogens (tertiary/aromatic N) is 2. The lowest BCUT2D eigenvalue weighted by Gasteiger charge is -2.23. The number of rotatable bonds is 4. The molecule has 1 aliphatic rings. The maximum absolute atomic E-state index is 13.2. The average molecular weight is 282 g/mol. The molecular weight excluding hydrogens is 265 g/mol. The highest BCUT2D eigenvalue weighted by atomic mass is 35.5. The van der Waals surface area contributed by atoms with Gasteiger partial charge in [0.2, 0.25) is 5.95 Å². The van der Waals surface area contributed by atoms with E-state index in [1.165, 1.54) is 25.0 Å². The van der Waals surface area contributed by atoms with E-state index in [2.05, 4.69) is 14.9 Å². The minimum absolute atomic E-state index is 0.234. The molecule has 0 saturated carbocycles. The molecule has 0 bridgehead atoms. The van der Waals surface area contributed by atoms with Crippen LogP contribution in [0, 0.1) is 5.82 Å². The van der Waals surface area contributed by atoms with Gasteiger partial charge in [0.1, 0.15) is 5.82 Å². The minimum atomic E-state index is -0.234. The first kappa shape index (κ1) is 12.7. The molecule has 102 valence electrons. The van der Waals surface area contributed by atoms with Crippen LogP contribution in [-0.4, -0.2) is 28.4 Å². The van der Waals surface area contributed by atoms with Crippen LogP contribution in [0.1, 0.15) is 25.7 Å². The van der Waals surface area contributed by atoms with Crippen molar-refractivity contribution in [1.82, 2.24) is 9.97 Å². The first-order valence-corrected chi connectivity index (χ1v) is 7.29. The number of alkyl halides is 1. The molecule has 1 unspecified atom stereocenters. The lowest BCUT2D eigenvalue weighted by atomic mass is 10.1. The highest BCUT2D eigenvalue weighted by Gasteiger charge is 2.26. The van der Waals surface area contributed by atoms with Crippen molar-refractivity contribution in [2.24, 2.45) is 0 Å². The van der Waals surface area contributed by atoms with Gasteiger partial charge < -0.3 is 9.88 Å². The summed E-state index contributed by atoms with van der Waals surface area (Å²) in [6, 6.07) is 5.16. The van der Waals surface area contributed by atoms with Crippen LogP contribution in [-0.2, 0) is 0 Å². The van der Waals surface area contributed by atoms with E-state index in [1.807, 2.05) is 0 Å². The highest BCUT2D eigenvalue weighted by molar-refractivity contribution is 6.17. The summed E-state index contributed by atoms with van der Waals surface area (Å²) in [4.78, 5) is 10.1. The van der Waals surface area contributed by atoms with Crippen molar-refractivity contribution in [3.63, 3.8) is 0 Å². The molecule has 19 heavy (non-hydrogen) atoms. The van der Waals surface area contributed by atoms with E-state index in [0.29, 0.717) is 11.9 Å². The molecule has 2 heterocycles. The van der Waals surface area contributed by atoms with Gasteiger partial charge in [0.25, 0.3) is 0 Å². The fourth-order valence-electron chi connectivity index (χ4n) is 2.83. The Balaban J connectivity index is 1.86. The van der Waals surface area contributed by atoms with Gasteiger partial charge in [-0.2, -0.15) is 0 Å². The zero-order chi connectivity index (χ0) is 13.2. The molecule has 1 aromatic carbocycles. The van der Waals surface area contributed by atoms with Crippen molar-refractivity contribution >= 4 is 28.6 Å². The number of halogens is 2. The van der Waals surface area contributed by atoms with Crippen molar-refractivity contribution < 1.29 is 4.39 Å². The van der Waals surface area contributed by atoms with Crippen molar-refractivity contribution in [1.29, 1.82) is 0 Å². The molecule has 0 amide bonds. The zero-order valence-electron chi connectivity index (χ0n) is 10.7. The van der Waals surface area contributed by atoms with Crippen LogP contribution >= 0.6 is 11.6 Å². The Labute approximate surface area is 116 Å². The lowest BCUT2D eigenvalue weighted by molar-refractivity contribution is 0.596. The third-order valence-corrected chi connectivity index (χ3v) is 4.02. The molecule has 1 N–H and O–H groups in total. The molecule has 2 aromatic rings. The molecule has 1 fully saturated rings. The predicted molar refractivity (Wildman–Crippen MR) is 76.4 cm³/mol. The monoisotopic (exact) mass is 281 g/mol. The van der Waals surface area contributed by atoms with Gasteiger partial charge in [0.15, 0.2) is 0 Å². The van der Waals surface area contributed by atoms with E-state index in [-0.39, 0.29) is 5.82 Å². The van der Waals surface area contributed by atoms with Gasteiger partial charge in [0.05, 0.1) is 11.0 Å². The highest BCUT2D eigenvalue weighted by Crippen LogP contribution is 2.28. The van der Waals surface area contributed by atoms with Gasteiger partial charge in [-0.25, -0.2) is 9.37 Å². The van der Waals surface area contributed by atoms with Gasteiger partial charge in [-0.05, 0) is 43.9 Å². The maximum atomic E-state index is 13.2. The molecule has 1 aromatic heterocycles. The first-order chi connectivity index (χ1) is 9.28. The molecule has 0 aliphatic carbocycles. The van der Waals surface area contributed by atoms with Gasteiger partial charge in [-0.15, -0.1) is 11.6 Å². The summed E-state index contributed by atoms with van der Waals surface area (Å²) >= 11 is 5.77. The standard InChI is InChI=1S/C14H17ClFN3/c15-7-1-3-11-4-2-8-19(11)14-17-12-6-5-10(16)9-13(12)18-14/h5-6,9,11H,1-4,7-8H2,(H,17,18). The number of aromatic nitrogens is 2. The van der Waals surface area contributed by atoms with Crippen LogP contribution in [0.4, 0.5) is 10.3 Å². The fraction of sp³-hybridized carbons (Fsp3) is 0.500. The number of aromatic amines is 1. The number of imidazole rings is 1. The zero-order valence-corrected chi connectivity index (χ0v) is 11.5.